The van der Waals surface area contributed by atoms with E-state index in [9.17, 15) is 9.59 Å². The third kappa shape index (κ3) is 4.51. The van der Waals surface area contributed by atoms with Gasteiger partial charge in [-0.1, -0.05) is 35.3 Å². The predicted molar refractivity (Wildman–Crippen MR) is 132 cm³/mol. The molecule has 35 heavy (non-hydrogen) atoms. The van der Waals surface area contributed by atoms with Crippen LogP contribution in [-0.2, 0) is 9.53 Å². The lowest BCUT2D eigenvalue weighted by Gasteiger charge is -2.32. The zero-order valence-corrected chi connectivity index (χ0v) is 19.7. The van der Waals surface area contributed by atoms with Gasteiger partial charge >= 0.3 is 12.1 Å². The number of halogens is 2. The first-order valence-electron chi connectivity index (χ1n) is 10.7. The number of hydrogen-bond acceptors (Lipinski definition) is 8. The van der Waals surface area contributed by atoms with Crippen LogP contribution in [0.5, 0.6) is 0 Å². The number of nitrogens with zero attached hydrogens (tertiary/aromatic N) is 5. The van der Waals surface area contributed by atoms with Gasteiger partial charge in [-0.15, -0.1) is 0 Å². The maximum Gasteiger partial charge on any atom is 0.412 e. The molecule has 1 aliphatic rings. The quantitative estimate of drug-likeness (QED) is 0.315. The van der Waals surface area contributed by atoms with Crippen molar-refractivity contribution in [2.45, 2.75) is 6.04 Å². The number of aromatic nitrogens is 4. The van der Waals surface area contributed by atoms with Crippen LogP contribution in [0, 0.1) is 0 Å². The van der Waals surface area contributed by atoms with E-state index in [0.29, 0.717) is 45.9 Å². The first kappa shape index (κ1) is 23.0. The Morgan fingerprint density at radius 3 is 2.60 bits per heavy atom. The molecule has 4 aromatic rings. The molecule has 1 saturated heterocycles. The second kappa shape index (κ2) is 9.49. The number of anilines is 1. The number of carbonyl (C=O) groups is 2. The molecule has 0 aliphatic carbocycles. The van der Waals surface area contributed by atoms with Crippen LogP contribution < -0.4 is 16.0 Å². The van der Waals surface area contributed by atoms with E-state index in [0.717, 1.165) is 11.3 Å². The lowest BCUT2D eigenvalue weighted by Crippen LogP contribution is -2.55. The number of benzene rings is 2. The average molecular weight is 512 g/mol. The molecule has 0 spiro atoms. The summed E-state index contributed by atoms with van der Waals surface area (Å²) in [4.78, 5) is 39.1. The summed E-state index contributed by atoms with van der Waals surface area (Å²) in [6.45, 7) is 1.20. The summed E-state index contributed by atoms with van der Waals surface area (Å²) >= 11 is 12.7. The van der Waals surface area contributed by atoms with E-state index < -0.39 is 18.1 Å². The lowest BCUT2D eigenvalue weighted by molar-refractivity contribution is -0.139. The fourth-order valence-corrected chi connectivity index (χ4v) is 4.39. The van der Waals surface area contributed by atoms with E-state index in [1.54, 1.807) is 18.2 Å². The van der Waals surface area contributed by atoms with Gasteiger partial charge in [0.2, 0.25) is 0 Å². The van der Waals surface area contributed by atoms with Gasteiger partial charge in [-0.25, -0.2) is 24.5 Å². The molecule has 0 radical (unpaired) electrons. The van der Waals surface area contributed by atoms with E-state index in [2.05, 4.69) is 20.0 Å². The summed E-state index contributed by atoms with van der Waals surface area (Å²) < 4.78 is 6.44. The molecule has 5 rings (SSSR count). The number of imidazole rings is 1. The van der Waals surface area contributed by atoms with Crippen molar-refractivity contribution in [1.29, 1.82) is 0 Å². The Bertz CT molecular complexity index is 1420. The van der Waals surface area contributed by atoms with Crippen LogP contribution in [0.1, 0.15) is 0 Å². The summed E-state index contributed by atoms with van der Waals surface area (Å²) in [6, 6.07) is 13.9. The zero-order valence-electron chi connectivity index (χ0n) is 18.2. The third-order valence-corrected chi connectivity index (χ3v) is 6.17. The van der Waals surface area contributed by atoms with E-state index in [1.807, 2.05) is 39.8 Å². The molecule has 1 atom stereocenters. The number of nitrogens with two attached hydrogens (primary N) is 1. The molecule has 2 aromatic carbocycles. The molecule has 2 aromatic heterocycles. The average Bonchev–Trinajstić information content (AvgIpc) is 3.24. The van der Waals surface area contributed by atoms with Gasteiger partial charge in [0.05, 0.1) is 5.02 Å². The highest BCUT2D eigenvalue weighted by Crippen LogP contribution is 2.34. The van der Waals surface area contributed by atoms with Crippen LogP contribution in [0.2, 0.25) is 10.0 Å². The largest absolute Gasteiger partial charge is 0.412 e. The highest BCUT2D eigenvalue weighted by atomic mass is 35.5. The summed E-state index contributed by atoms with van der Waals surface area (Å²) in [5.74, 6) is 0.361. The fourth-order valence-electron chi connectivity index (χ4n) is 4.04. The van der Waals surface area contributed by atoms with Crippen molar-refractivity contribution in [2.24, 2.45) is 5.73 Å². The van der Waals surface area contributed by atoms with E-state index in [4.69, 9.17) is 33.9 Å². The second-order valence-electron chi connectivity index (χ2n) is 7.79. The maximum atomic E-state index is 12.3. The highest BCUT2D eigenvalue weighted by molar-refractivity contribution is 6.33. The first-order valence-corrected chi connectivity index (χ1v) is 11.4. The second-order valence-corrected chi connectivity index (χ2v) is 8.63. The van der Waals surface area contributed by atoms with Gasteiger partial charge in [0.1, 0.15) is 18.2 Å². The molecule has 1 amide bonds. The number of carbonyl (C=O) groups excluding carboxylic acids is 2. The molecule has 0 saturated carbocycles. The standard InChI is InChI=1S/C23H19Cl2N7O3/c24-13-5-7-14(8-6-13)32-19(15-3-1-2-4-16(15)25)30-18-20(28-12-29-21(18)32)31-10-9-27-17(11-31)22(33)35-23(26)34/h1-8,12,17,27H,9-11H2,(H2,26,34). The minimum Gasteiger partial charge on any atom is -0.375 e. The van der Waals surface area contributed by atoms with Crippen LogP contribution in [0.4, 0.5) is 10.6 Å². The van der Waals surface area contributed by atoms with Crippen molar-refractivity contribution in [3.05, 3.63) is 64.9 Å². The molecular weight excluding hydrogens is 493 g/mol. The third-order valence-electron chi connectivity index (χ3n) is 5.59. The smallest absolute Gasteiger partial charge is 0.375 e. The van der Waals surface area contributed by atoms with E-state index in [1.165, 1.54) is 6.33 Å². The Hall–Kier alpha value is -3.73. The van der Waals surface area contributed by atoms with Crippen molar-refractivity contribution in [1.82, 2.24) is 24.8 Å². The minimum atomic E-state index is -1.15. The van der Waals surface area contributed by atoms with Gasteiger partial charge in [0.15, 0.2) is 17.0 Å². The molecule has 3 N–H and O–H groups in total. The van der Waals surface area contributed by atoms with Gasteiger partial charge in [-0.3, -0.25) is 4.57 Å². The summed E-state index contributed by atoms with van der Waals surface area (Å²) in [5, 5.41) is 4.16. The molecule has 12 heteroatoms. The van der Waals surface area contributed by atoms with Gasteiger partial charge in [0, 0.05) is 35.9 Å². The molecule has 178 valence electrons. The lowest BCUT2D eigenvalue weighted by atomic mass is 10.2. The Kier molecular flexibility index (Phi) is 6.25. The van der Waals surface area contributed by atoms with Crippen LogP contribution >= 0.6 is 23.2 Å². The number of hydrogen-bond donors (Lipinski definition) is 2. The van der Waals surface area contributed by atoms with Crippen molar-refractivity contribution < 1.29 is 14.3 Å². The van der Waals surface area contributed by atoms with Crippen LogP contribution in [-0.4, -0.2) is 57.3 Å². The van der Waals surface area contributed by atoms with Crippen LogP contribution in [0.25, 0.3) is 28.2 Å². The number of piperazine rings is 1. The normalized spacial score (nSPS) is 15.8. The molecule has 10 nitrogen and oxygen atoms in total. The Morgan fingerprint density at radius 2 is 1.86 bits per heavy atom. The van der Waals surface area contributed by atoms with Crippen molar-refractivity contribution in [2.75, 3.05) is 24.5 Å². The monoisotopic (exact) mass is 511 g/mol. The topological polar surface area (TPSA) is 128 Å². The van der Waals surface area contributed by atoms with Gasteiger partial charge < -0.3 is 20.7 Å². The number of esters is 1. The van der Waals surface area contributed by atoms with Gasteiger partial charge in [-0.05, 0) is 36.4 Å². The molecule has 1 aliphatic heterocycles. The molecular formula is C23H19Cl2N7O3. The zero-order chi connectivity index (χ0) is 24.5. The Balaban J connectivity index is 1.64. The minimum absolute atomic E-state index is 0.202. The summed E-state index contributed by atoms with van der Waals surface area (Å²) in [5.41, 5.74) is 7.59. The number of primary amides is 1. The van der Waals surface area contributed by atoms with E-state index >= 15 is 0 Å². The number of rotatable bonds is 4. The molecule has 3 heterocycles. The van der Waals surface area contributed by atoms with Crippen LogP contribution in [0.15, 0.2) is 54.9 Å². The van der Waals surface area contributed by atoms with Gasteiger partial charge in [-0.2, -0.15) is 0 Å². The Morgan fingerprint density at radius 1 is 1.09 bits per heavy atom. The summed E-state index contributed by atoms with van der Waals surface area (Å²) in [7, 11) is 0. The number of fused-ring (bicyclic) bond motifs is 1. The fraction of sp³-hybridized carbons (Fsp3) is 0.174. The van der Waals surface area contributed by atoms with E-state index in [-0.39, 0.29) is 6.54 Å². The molecule has 0 bridgehead atoms. The Labute approximate surface area is 209 Å². The highest BCUT2D eigenvalue weighted by Gasteiger charge is 2.30. The maximum absolute atomic E-state index is 12.3. The van der Waals surface area contributed by atoms with Crippen molar-refractivity contribution >= 4 is 52.2 Å². The number of amides is 1. The summed E-state index contributed by atoms with van der Waals surface area (Å²) in [6.07, 6.45) is 0.297. The molecule has 1 fully saturated rings. The number of ether oxygens (including phenoxy) is 1. The van der Waals surface area contributed by atoms with Gasteiger partial charge in [0.25, 0.3) is 0 Å². The first-order chi connectivity index (χ1) is 16.9. The van der Waals surface area contributed by atoms with Crippen molar-refractivity contribution in [3.8, 4) is 17.1 Å². The van der Waals surface area contributed by atoms with Crippen molar-refractivity contribution in [3.63, 3.8) is 0 Å². The van der Waals surface area contributed by atoms with Crippen LogP contribution in [0.3, 0.4) is 0 Å². The predicted octanol–water partition coefficient (Wildman–Crippen LogP) is 3.19. The SMILES string of the molecule is NC(=O)OC(=O)C1CN(c2ncnc3c2nc(-c2ccccc2Cl)n3-c2ccc(Cl)cc2)CCN1. The molecule has 1 unspecified atom stereocenters. The number of nitrogens with one attached hydrogen (secondary N) is 1.